The first-order chi connectivity index (χ1) is 6.41. The standard InChI is InChI=1S/C2H8N2O.2ClHO4/c3-4-1-2-5;2*2-1(3,4)5/h4-5H,1-3H2;2*(H,2,3,4,5). The van der Waals surface area contributed by atoms with Gasteiger partial charge in [-0.3, -0.25) is 11.3 Å². The van der Waals surface area contributed by atoms with E-state index in [1.165, 1.54) is 0 Å². The summed E-state index contributed by atoms with van der Waals surface area (Å²) in [5.74, 6) is 4.73. The minimum absolute atomic E-state index is 0.108. The molecule has 0 heterocycles. The van der Waals surface area contributed by atoms with Gasteiger partial charge in [-0.2, -0.15) is 28.0 Å². The fourth-order valence-corrected chi connectivity index (χ4v) is 0.0645. The van der Waals surface area contributed by atoms with E-state index >= 15 is 0 Å². The molecule has 13 heteroatoms. The molecule has 0 rings (SSSR count). The molecule has 15 heavy (non-hydrogen) atoms. The van der Waals surface area contributed by atoms with E-state index in [-0.39, 0.29) is 6.61 Å². The summed E-state index contributed by atoms with van der Waals surface area (Å²) in [5.41, 5.74) is 2.27. The molecule has 0 atom stereocenters. The average Bonchev–Trinajstić information content (AvgIpc) is 1.80. The predicted molar refractivity (Wildman–Crippen MR) is 23.7 cm³/mol. The highest BCUT2D eigenvalue weighted by molar-refractivity contribution is 4.24. The molecule has 0 aliphatic heterocycles. The highest BCUT2D eigenvalue weighted by Gasteiger charge is 1.99. The summed E-state index contributed by atoms with van der Waals surface area (Å²) < 4.78 is 65.4. The van der Waals surface area contributed by atoms with Crippen LogP contribution in [-0.4, -0.2) is 27.6 Å². The first kappa shape index (κ1) is 20.5. The average molecular weight is 277 g/mol. The molecule has 0 radical (unpaired) electrons. The molecule has 0 aromatic carbocycles. The van der Waals surface area contributed by atoms with E-state index in [2.05, 4.69) is 5.43 Å². The zero-order chi connectivity index (χ0) is 13.1. The van der Waals surface area contributed by atoms with Crippen LogP contribution in [0, 0.1) is 20.5 Å². The van der Waals surface area contributed by atoms with Crippen LogP contribution in [-0.2, 0) is 0 Å². The molecular formula is C2H10Cl2N2O9. The monoisotopic (exact) mass is 276 g/mol. The van der Waals surface area contributed by atoms with E-state index in [1.54, 1.807) is 0 Å². The van der Waals surface area contributed by atoms with E-state index in [4.69, 9.17) is 48.2 Å². The van der Waals surface area contributed by atoms with Crippen LogP contribution in [0.1, 0.15) is 0 Å². The highest BCUT2D eigenvalue weighted by atomic mass is 35.7. The Morgan fingerprint density at radius 2 is 1.13 bits per heavy atom. The summed E-state index contributed by atoms with van der Waals surface area (Å²) in [6.45, 7) is 0.580. The van der Waals surface area contributed by atoms with Crippen LogP contribution in [0.25, 0.3) is 0 Å². The topological polar surface area (TPSA) is 237 Å². The van der Waals surface area contributed by atoms with Crippen LogP contribution in [0.4, 0.5) is 0 Å². The van der Waals surface area contributed by atoms with Crippen molar-refractivity contribution >= 4 is 0 Å². The Balaban J connectivity index is -0.000000144. The summed E-state index contributed by atoms with van der Waals surface area (Å²) in [4.78, 5) is 0. The van der Waals surface area contributed by atoms with Crippen molar-refractivity contribution in [2.75, 3.05) is 13.2 Å². The molecule has 0 aromatic rings. The first-order valence-corrected chi connectivity index (χ1v) is 5.25. The van der Waals surface area contributed by atoms with Gasteiger partial charge in [-0.25, -0.2) is 0 Å². The number of halogens is 2. The Hall–Kier alpha value is 0.140. The number of hydrogen-bond donors (Lipinski definition) is 5. The number of aliphatic hydroxyl groups is 1. The molecule has 0 aromatic heterocycles. The zero-order valence-electron chi connectivity index (χ0n) is 7.04. The largest absolute Gasteiger partial charge is 0.395 e. The third-order valence-electron chi connectivity index (χ3n) is 0.256. The minimum Gasteiger partial charge on any atom is -0.395 e. The number of nitrogens with one attached hydrogen (secondary N) is 1. The molecule has 6 N–H and O–H groups in total. The predicted octanol–water partition coefficient (Wildman–Crippen LogP) is -9.81. The van der Waals surface area contributed by atoms with Gasteiger partial charge in [-0.15, -0.1) is 0 Å². The second kappa shape index (κ2) is 10.7. The third-order valence-corrected chi connectivity index (χ3v) is 0.256. The number of aliphatic hydroxyl groups excluding tert-OH is 1. The van der Waals surface area contributed by atoms with Gasteiger partial charge >= 0.3 is 0 Å². The molecule has 0 amide bonds. The molecule has 0 saturated heterocycles. The van der Waals surface area contributed by atoms with Crippen molar-refractivity contribution < 1.29 is 62.9 Å². The SMILES string of the molecule is NNCCO.[O-][Cl+3]([O-])([O-])O.[O-][Cl+3]([O-])([O-])O. The van der Waals surface area contributed by atoms with Gasteiger partial charge in [0.15, 0.2) is 0 Å². The quantitative estimate of drug-likeness (QED) is 0.234. The van der Waals surface area contributed by atoms with Crippen molar-refractivity contribution in [1.29, 1.82) is 0 Å². The van der Waals surface area contributed by atoms with E-state index < -0.39 is 20.5 Å². The van der Waals surface area contributed by atoms with Crippen molar-refractivity contribution in [3.8, 4) is 0 Å². The molecule has 0 aliphatic carbocycles. The molecule has 0 fully saturated rings. The Morgan fingerprint density at radius 1 is 0.933 bits per heavy atom. The van der Waals surface area contributed by atoms with E-state index in [9.17, 15) is 0 Å². The van der Waals surface area contributed by atoms with Gasteiger partial charge in [0.05, 0.1) is 36.4 Å². The second-order valence-corrected chi connectivity index (χ2v) is 3.05. The molecule has 11 nitrogen and oxygen atoms in total. The Kier molecular flexibility index (Phi) is 14.6. The number of hydrazine groups is 1. The van der Waals surface area contributed by atoms with Crippen molar-refractivity contribution in [2.45, 2.75) is 0 Å². The van der Waals surface area contributed by atoms with E-state index in [0.29, 0.717) is 6.54 Å². The van der Waals surface area contributed by atoms with Crippen LogP contribution in [0.2, 0.25) is 0 Å². The van der Waals surface area contributed by atoms with Crippen LogP contribution >= 0.6 is 0 Å². The Labute approximate surface area is 88.0 Å². The van der Waals surface area contributed by atoms with Crippen LogP contribution in [0.5, 0.6) is 0 Å². The third kappa shape index (κ3) is 455. The fraction of sp³-hybridized carbons (Fsp3) is 1.00. The summed E-state index contributed by atoms with van der Waals surface area (Å²) in [6, 6.07) is 0. The van der Waals surface area contributed by atoms with Crippen LogP contribution < -0.4 is 39.2 Å². The normalized spacial score (nSPS) is 10.8. The Morgan fingerprint density at radius 3 is 1.13 bits per heavy atom. The van der Waals surface area contributed by atoms with E-state index in [0.717, 1.165) is 0 Å². The number of nitrogens with two attached hydrogens (primary N) is 1. The van der Waals surface area contributed by atoms with Crippen molar-refractivity contribution in [3.63, 3.8) is 0 Å². The van der Waals surface area contributed by atoms with Crippen LogP contribution in [0.15, 0.2) is 0 Å². The van der Waals surface area contributed by atoms with Gasteiger partial charge in [0.1, 0.15) is 0 Å². The number of rotatable bonds is 2. The van der Waals surface area contributed by atoms with Crippen LogP contribution in [0.3, 0.4) is 0 Å². The Bertz CT molecular complexity index is 96.3. The van der Waals surface area contributed by atoms with Gasteiger partial charge in [-0.05, 0) is 0 Å². The van der Waals surface area contributed by atoms with Gasteiger partial charge in [0.25, 0.3) is 0 Å². The molecule has 0 spiro atoms. The van der Waals surface area contributed by atoms with Gasteiger partial charge in [-0.1, -0.05) is 0 Å². The zero-order valence-corrected chi connectivity index (χ0v) is 8.55. The summed E-state index contributed by atoms with van der Waals surface area (Å²) in [7, 11) is -9.39. The lowest BCUT2D eigenvalue weighted by Crippen LogP contribution is -2.58. The molecule has 0 aliphatic rings. The lowest BCUT2D eigenvalue weighted by atomic mass is 10.7. The summed E-state index contributed by atoms with van der Waals surface area (Å²) >= 11 is 0. The molecule has 96 valence electrons. The van der Waals surface area contributed by atoms with Crippen molar-refractivity contribution in [3.05, 3.63) is 0 Å². The summed E-state index contributed by atoms with van der Waals surface area (Å²) in [5, 5.41) is 7.92. The molecule has 0 bridgehead atoms. The molecular weight excluding hydrogens is 267 g/mol. The lowest BCUT2D eigenvalue weighted by Gasteiger charge is -2.03. The second-order valence-electron chi connectivity index (χ2n) is 1.47. The van der Waals surface area contributed by atoms with Crippen molar-refractivity contribution in [2.24, 2.45) is 5.84 Å². The minimum atomic E-state index is -4.69. The highest BCUT2D eigenvalue weighted by Crippen LogP contribution is 1.61. The smallest absolute Gasteiger partial charge is 0.0777 e. The van der Waals surface area contributed by atoms with Gasteiger partial charge in [0, 0.05) is 6.54 Å². The molecule has 0 saturated carbocycles. The maximum absolute atomic E-state index is 8.60. The van der Waals surface area contributed by atoms with Crippen molar-refractivity contribution in [1.82, 2.24) is 5.43 Å². The lowest BCUT2D eigenvalue weighted by molar-refractivity contribution is -1.92. The maximum Gasteiger partial charge on any atom is 0.0777 e. The maximum atomic E-state index is 8.60. The summed E-state index contributed by atoms with van der Waals surface area (Å²) in [6.07, 6.45) is 0. The molecule has 0 unspecified atom stereocenters. The fourth-order valence-electron chi connectivity index (χ4n) is 0.0645. The number of hydrogen-bond acceptors (Lipinski definition) is 11. The van der Waals surface area contributed by atoms with E-state index in [1.807, 2.05) is 0 Å². The van der Waals surface area contributed by atoms with Gasteiger partial charge < -0.3 is 5.11 Å². The first-order valence-electron chi connectivity index (χ1n) is 2.72. The van der Waals surface area contributed by atoms with Gasteiger partial charge in [0.2, 0.25) is 0 Å².